The van der Waals surface area contributed by atoms with Crippen LogP contribution in [0, 0.1) is 18.3 Å². The number of pyridine rings is 1. The minimum absolute atomic E-state index is 0.447. The van der Waals surface area contributed by atoms with E-state index >= 15 is 0 Å². The number of nitrogens with zero attached hydrogens (tertiary/aromatic N) is 3. The molecule has 1 N–H and O–H groups in total. The van der Waals surface area contributed by atoms with Gasteiger partial charge in [-0.1, -0.05) is 12.1 Å². The van der Waals surface area contributed by atoms with Crippen molar-refractivity contribution in [2.24, 2.45) is 0 Å². The van der Waals surface area contributed by atoms with Crippen molar-refractivity contribution < 1.29 is 0 Å². The smallest absolute Gasteiger partial charge is 0.145 e. The van der Waals surface area contributed by atoms with Crippen molar-refractivity contribution in [3.05, 3.63) is 36.0 Å². The highest BCUT2D eigenvalue weighted by Gasteiger charge is 2.18. The van der Waals surface area contributed by atoms with E-state index in [9.17, 15) is 0 Å². The third kappa shape index (κ3) is 3.55. The topological polar surface area (TPSA) is 52.0 Å². The van der Waals surface area contributed by atoms with E-state index in [0.717, 1.165) is 43.9 Å². The highest BCUT2D eigenvalue weighted by Crippen LogP contribution is 2.16. The molecule has 1 aromatic rings. The molecule has 2 rings (SSSR count). The number of aromatic nitrogens is 1. The first-order valence-electron chi connectivity index (χ1n) is 6.70. The first-order chi connectivity index (χ1) is 9.22. The fourth-order valence-electron chi connectivity index (χ4n) is 2.37. The minimum Gasteiger partial charge on any atom is -0.367 e. The first-order valence-corrected chi connectivity index (χ1v) is 6.70. The summed E-state index contributed by atoms with van der Waals surface area (Å²) in [5, 5.41) is 12.4. The highest BCUT2D eigenvalue weighted by atomic mass is 15.1. The predicted molar refractivity (Wildman–Crippen MR) is 77.0 cm³/mol. The normalized spacial score (nSPS) is 16.8. The van der Waals surface area contributed by atoms with Crippen molar-refractivity contribution in [3.63, 3.8) is 0 Å². The van der Waals surface area contributed by atoms with Gasteiger partial charge in [0.1, 0.15) is 17.6 Å². The van der Waals surface area contributed by atoms with Crippen molar-refractivity contribution >= 4 is 5.82 Å². The van der Waals surface area contributed by atoms with Gasteiger partial charge in [-0.3, -0.25) is 4.90 Å². The van der Waals surface area contributed by atoms with Crippen LogP contribution in [0.3, 0.4) is 0 Å². The summed E-state index contributed by atoms with van der Waals surface area (Å²) in [5.41, 5.74) is 1.43. The molecule has 2 heterocycles. The van der Waals surface area contributed by atoms with E-state index in [2.05, 4.69) is 27.8 Å². The molecule has 4 heteroatoms. The van der Waals surface area contributed by atoms with E-state index in [1.54, 1.807) is 0 Å². The molecule has 0 aliphatic carbocycles. The molecule has 0 amide bonds. The molecule has 0 atom stereocenters. The molecule has 1 aliphatic heterocycles. The van der Waals surface area contributed by atoms with Crippen LogP contribution in [0.25, 0.3) is 0 Å². The highest BCUT2D eigenvalue weighted by molar-refractivity contribution is 5.43. The summed E-state index contributed by atoms with van der Waals surface area (Å²) in [4.78, 5) is 6.74. The largest absolute Gasteiger partial charge is 0.367 e. The number of hydrogen-bond donors (Lipinski definition) is 1. The zero-order chi connectivity index (χ0) is 13.7. The Morgan fingerprint density at radius 2 is 2.26 bits per heavy atom. The summed E-state index contributed by atoms with van der Waals surface area (Å²) >= 11 is 0. The zero-order valence-corrected chi connectivity index (χ0v) is 11.4. The lowest BCUT2D eigenvalue weighted by Crippen LogP contribution is -2.39. The number of likely N-dealkylation sites (tertiary alicyclic amines) is 1. The summed E-state index contributed by atoms with van der Waals surface area (Å²) in [6.07, 6.45) is 4.16. The number of hydrogen-bond acceptors (Lipinski definition) is 4. The average Bonchev–Trinajstić information content (AvgIpc) is 2.43. The molecule has 0 saturated carbocycles. The van der Waals surface area contributed by atoms with Crippen LogP contribution in [0.15, 0.2) is 24.8 Å². The molecule has 1 aliphatic rings. The van der Waals surface area contributed by atoms with E-state index in [0.29, 0.717) is 11.7 Å². The zero-order valence-electron chi connectivity index (χ0n) is 11.4. The van der Waals surface area contributed by atoms with Crippen molar-refractivity contribution in [1.82, 2.24) is 9.88 Å². The Morgan fingerprint density at radius 3 is 2.89 bits per heavy atom. The molecule has 0 spiro atoms. The summed E-state index contributed by atoms with van der Waals surface area (Å²) in [5.74, 6) is 0.810. The van der Waals surface area contributed by atoms with E-state index in [1.165, 1.54) is 0 Å². The lowest BCUT2D eigenvalue weighted by atomic mass is 10.1. The number of nitriles is 1. The summed E-state index contributed by atoms with van der Waals surface area (Å²) in [6.45, 7) is 8.81. The van der Waals surface area contributed by atoms with Crippen molar-refractivity contribution in [2.45, 2.75) is 25.8 Å². The van der Waals surface area contributed by atoms with Gasteiger partial charge < -0.3 is 5.32 Å². The van der Waals surface area contributed by atoms with E-state index in [-0.39, 0.29) is 0 Å². The average molecular weight is 256 g/mol. The second-order valence-electron chi connectivity index (χ2n) is 4.98. The summed E-state index contributed by atoms with van der Waals surface area (Å²) in [6, 6.07) is 6.47. The van der Waals surface area contributed by atoms with E-state index in [4.69, 9.17) is 5.26 Å². The van der Waals surface area contributed by atoms with Gasteiger partial charge >= 0.3 is 0 Å². The SMILES string of the molecule is C=CCN1CCC(Nc2ccc(C)c(C#N)n2)CC1. The van der Waals surface area contributed by atoms with Crippen molar-refractivity contribution in [3.8, 4) is 6.07 Å². The lowest BCUT2D eigenvalue weighted by molar-refractivity contribution is 0.240. The van der Waals surface area contributed by atoms with Gasteiger partial charge in [-0.05, 0) is 31.4 Å². The second kappa shape index (κ2) is 6.35. The van der Waals surface area contributed by atoms with Gasteiger partial charge in [-0.25, -0.2) is 4.98 Å². The Balaban J connectivity index is 1.92. The lowest BCUT2D eigenvalue weighted by Gasteiger charge is -2.31. The number of aryl methyl sites for hydroxylation is 1. The van der Waals surface area contributed by atoms with Crippen molar-refractivity contribution in [1.29, 1.82) is 5.26 Å². The third-order valence-corrected chi connectivity index (χ3v) is 3.53. The van der Waals surface area contributed by atoms with E-state index < -0.39 is 0 Å². The molecular weight excluding hydrogens is 236 g/mol. The third-order valence-electron chi connectivity index (χ3n) is 3.53. The molecule has 0 bridgehead atoms. The standard InChI is InChI=1S/C15H20N4/c1-3-8-19-9-6-13(7-10-19)17-15-5-4-12(2)14(11-16)18-15/h3-5,13H,1,6-10H2,2H3,(H,17,18). The van der Waals surface area contributed by atoms with Crippen LogP contribution in [-0.2, 0) is 0 Å². The molecule has 1 aromatic heterocycles. The van der Waals surface area contributed by atoms with Crippen LogP contribution in [0.5, 0.6) is 0 Å². The molecule has 1 saturated heterocycles. The van der Waals surface area contributed by atoms with Gasteiger partial charge in [-0.2, -0.15) is 5.26 Å². The molecule has 0 aromatic carbocycles. The van der Waals surface area contributed by atoms with Crippen LogP contribution in [-0.4, -0.2) is 35.6 Å². The van der Waals surface area contributed by atoms with Crippen LogP contribution in [0.2, 0.25) is 0 Å². The Hall–Kier alpha value is -1.86. The molecule has 0 radical (unpaired) electrons. The predicted octanol–water partition coefficient (Wildman–Crippen LogP) is 2.32. The van der Waals surface area contributed by atoms with E-state index in [1.807, 2.05) is 25.1 Å². The van der Waals surface area contributed by atoms with Crippen LogP contribution < -0.4 is 5.32 Å². The quantitative estimate of drug-likeness (QED) is 0.840. The molecule has 19 heavy (non-hydrogen) atoms. The summed E-state index contributed by atoms with van der Waals surface area (Å²) < 4.78 is 0. The maximum atomic E-state index is 8.99. The van der Waals surface area contributed by atoms with Crippen LogP contribution in [0.4, 0.5) is 5.82 Å². The Kier molecular flexibility index (Phi) is 4.53. The Morgan fingerprint density at radius 1 is 1.53 bits per heavy atom. The molecular formula is C15H20N4. The van der Waals surface area contributed by atoms with Crippen LogP contribution in [0.1, 0.15) is 24.1 Å². The fraction of sp³-hybridized carbons (Fsp3) is 0.467. The van der Waals surface area contributed by atoms with Gasteiger partial charge in [0.2, 0.25) is 0 Å². The number of piperidine rings is 1. The maximum absolute atomic E-state index is 8.99. The number of rotatable bonds is 4. The Bertz CT molecular complexity index is 481. The molecule has 4 nitrogen and oxygen atoms in total. The van der Waals surface area contributed by atoms with Crippen molar-refractivity contribution in [2.75, 3.05) is 25.0 Å². The van der Waals surface area contributed by atoms with Crippen LogP contribution >= 0.6 is 0 Å². The maximum Gasteiger partial charge on any atom is 0.145 e. The minimum atomic E-state index is 0.447. The van der Waals surface area contributed by atoms with Gasteiger partial charge in [0.15, 0.2) is 0 Å². The fourth-order valence-corrected chi connectivity index (χ4v) is 2.37. The first kappa shape index (κ1) is 13.6. The second-order valence-corrected chi connectivity index (χ2v) is 4.98. The van der Waals surface area contributed by atoms with Gasteiger partial charge in [0.25, 0.3) is 0 Å². The number of nitrogens with one attached hydrogen (secondary N) is 1. The molecule has 0 unspecified atom stereocenters. The monoisotopic (exact) mass is 256 g/mol. The Labute approximate surface area is 114 Å². The van der Waals surface area contributed by atoms with Gasteiger partial charge in [-0.15, -0.1) is 6.58 Å². The van der Waals surface area contributed by atoms with Gasteiger partial charge in [0.05, 0.1) is 0 Å². The molecule has 1 fully saturated rings. The van der Waals surface area contributed by atoms with Gasteiger partial charge in [0, 0.05) is 25.7 Å². The number of anilines is 1. The summed E-state index contributed by atoms with van der Waals surface area (Å²) in [7, 11) is 0. The molecule has 100 valence electrons.